The normalized spacial score (nSPS) is 29.0. The van der Waals surface area contributed by atoms with Crippen LogP contribution in [-0.4, -0.2) is 105 Å². The Bertz CT molecular complexity index is 2180. The molecule has 2 aliphatic carbocycles. The summed E-state index contributed by atoms with van der Waals surface area (Å²) in [5.41, 5.74) is -4.79. The molecule has 330 valence electrons. The number of fused-ring (bicyclic) bond motifs is 3. The minimum absolute atomic E-state index is 0.0254. The quantitative estimate of drug-likeness (QED) is 0.232. The van der Waals surface area contributed by atoms with Crippen molar-refractivity contribution in [3.63, 3.8) is 0 Å². The molecule has 1 aromatic carbocycles. The summed E-state index contributed by atoms with van der Waals surface area (Å²) in [6.45, 7) is 9.43. The van der Waals surface area contributed by atoms with E-state index in [1.54, 1.807) is 50.3 Å². The molecular weight excluding hydrogens is 831 g/mol. The summed E-state index contributed by atoms with van der Waals surface area (Å²) in [7, 11) is -4.14. The van der Waals surface area contributed by atoms with Gasteiger partial charge in [0.05, 0.1) is 17.4 Å². The second-order valence-electron chi connectivity index (χ2n) is 17.9. The third kappa shape index (κ3) is 8.72. The zero-order valence-electron chi connectivity index (χ0n) is 34.6. The van der Waals surface area contributed by atoms with Crippen molar-refractivity contribution in [2.24, 2.45) is 17.8 Å². The highest BCUT2D eigenvalue weighted by atomic mass is 35.5. The molecule has 0 bridgehead atoms. The average Bonchev–Trinajstić information content (AvgIpc) is 4.01. The van der Waals surface area contributed by atoms with E-state index >= 15 is 4.79 Å². The average molecular weight is 884 g/mol. The molecule has 2 aromatic rings. The maximum absolute atomic E-state index is 15.1. The largest absolute Gasteiger partial charge is 0.475 e. The maximum atomic E-state index is 15.1. The number of nitrogens with one attached hydrogen (secondary N) is 2. The monoisotopic (exact) mass is 883 g/mol. The molecule has 3 N–H and O–H groups in total. The van der Waals surface area contributed by atoms with Gasteiger partial charge in [-0.15, -0.1) is 0 Å². The minimum atomic E-state index is -5.11. The van der Waals surface area contributed by atoms with Crippen LogP contribution in [0, 0.1) is 17.8 Å². The van der Waals surface area contributed by atoms with E-state index in [1.165, 1.54) is 13.8 Å². The molecule has 0 spiro atoms. The van der Waals surface area contributed by atoms with Crippen LogP contribution in [0.5, 0.6) is 11.8 Å². The van der Waals surface area contributed by atoms with Crippen molar-refractivity contribution < 1.29 is 55.3 Å². The van der Waals surface area contributed by atoms with Crippen LogP contribution in [0.1, 0.15) is 93.4 Å². The summed E-state index contributed by atoms with van der Waals surface area (Å²) >= 11 is 6.56. The van der Waals surface area contributed by atoms with Gasteiger partial charge in [-0.2, -0.15) is 18.2 Å². The fourth-order valence-electron chi connectivity index (χ4n) is 8.32. The van der Waals surface area contributed by atoms with Gasteiger partial charge in [0.15, 0.2) is 0 Å². The smallest absolute Gasteiger partial charge is 0.411 e. The molecule has 4 aliphatic rings. The van der Waals surface area contributed by atoms with E-state index in [0.29, 0.717) is 55.3 Å². The lowest BCUT2D eigenvalue weighted by Crippen LogP contribution is -2.66. The van der Waals surface area contributed by atoms with E-state index in [4.69, 9.17) is 21.1 Å². The molecule has 60 heavy (non-hydrogen) atoms. The van der Waals surface area contributed by atoms with Crippen LogP contribution < -0.4 is 19.5 Å². The number of nitrogens with zero attached hydrogens (tertiary/aromatic N) is 3. The molecule has 1 aromatic heterocycles. The van der Waals surface area contributed by atoms with E-state index in [9.17, 15) is 41.1 Å². The van der Waals surface area contributed by atoms with Gasteiger partial charge < -0.3 is 24.8 Å². The molecule has 0 radical (unpaired) electrons. The Balaban J connectivity index is 1.45. The predicted molar refractivity (Wildman–Crippen MR) is 216 cm³/mol. The number of amides is 4. The Labute approximate surface area is 352 Å². The summed E-state index contributed by atoms with van der Waals surface area (Å²) in [5.74, 6) is -4.54. The second kappa shape index (κ2) is 16.2. The lowest BCUT2D eigenvalue weighted by atomic mass is 9.85. The predicted octanol–water partition coefficient (Wildman–Crippen LogP) is 6.60. The van der Waals surface area contributed by atoms with Gasteiger partial charge in [0.25, 0.3) is 5.91 Å². The number of hydrogen-bond donors (Lipinski definition) is 3. The number of benzene rings is 1. The number of halogens is 4. The van der Waals surface area contributed by atoms with Crippen molar-refractivity contribution in [2.75, 3.05) is 6.54 Å². The Kier molecular flexibility index (Phi) is 12.2. The molecule has 7 atom stereocenters. The van der Waals surface area contributed by atoms with Crippen molar-refractivity contribution in [1.82, 2.24) is 24.8 Å². The van der Waals surface area contributed by atoms with E-state index in [0.717, 1.165) is 4.90 Å². The first-order chi connectivity index (χ1) is 27.8. The summed E-state index contributed by atoms with van der Waals surface area (Å²) in [6.07, 6.45) is -3.35. The van der Waals surface area contributed by atoms with Crippen LogP contribution in [0.4, 0.5) is 18.0 Å². The highest BCUT2D eigenvalue weighted by molar-refractivity contribution is 7.91. The topological polar surface area (TPSA) is 185 Å². The molecular formula is C41H53ClF3N5O9S. The summed E-state index contributed by atoms with van der Waals surface area (Å²) in [6, 6.07) is 3.21. The SMILES string of the molecule is CC(C)Oc1cc2c(Cl)cccc2c(O[C@@H]2C[C@H]3C(=O)N[C@]4(C(=O)NS(=O)(=O)C5(C)CC5)C[C@H]4/C=C\CC[C@@H](C)C[C@@H](C)[C@H](N(C(=O)O)C(C)(C)C(F)(F)F)C(=O)N3C2)n1. The molecule has 3 fully saturated rings. The van der Waals surface area contributed by atoms with Crippen molar-refractivity contribution in [3.8, 4) is 11.8 Å². The number of alkyl halides is 3. The van der Waals surface area contributed by atoms with E-state index in [-0.39, 0.29) is 47.9 Å². The van der Waals surface area contributed by atoms with Crippen LogP contribution in [0.3, 0.4) is 0 Å². The number of hydrogen-bond acceptors (Lipinski definition) is 9. The highest BCUT2D eigenvalue weighted by Crippen LogP contribution is 2.48. The first-order valence-corrected chi connectivity index (χ1v) is 22.1. The number of pyridine rings is 1. The Morgan fingerprint density at radius 2 is 1.82 bits per heavy atom. The number of aromatic nitrogens is 1. The van der Waals surface area contributed by atoms with Crippen molar-refractivity contribution >= 4 is 56.2 Å². The van der Waals surface area contributed by atoms with Gasteiger partial charge in [-0.3, -0.25) is 24.0 Å². The molecule has 2 saturated carbocycles. The van der Waals surface area contributed by atoms with Gasteiger partial charge in [-0.25, -0.2) is 13.2 Å². The van der Waals surface area contributed by atoms with Crippen molar-refractivity contribution in [3.05, 3.63) is 41.4 Å². The van der Waals surface area contributed by atoms with Crippen LogP contribution in [0.15, 0.2) is 36.4 Å². The Morgan fingerprint density at radius 1 is 1.13 bits per heavy atom. The molecule has 2 aliphatic heterocycles. The number of carbonyl (C=O) groups is 4. The summed E-state index contributed by atoms with van der Waals surface area (Å²) < 4.78 is 84.0. The van der Waals surface area contributed by atoms with Crippen LogP contribution >= 0.6 is 11.6 Å². The van der Waals surface area contributed by atoms with Crippen molar-refractivity contribution in [2.45, 2.75) is 140 Å². The van der Waals surface area contributed by atoms with Gasteiger partial charge in [-0.1, -0.05) is 43.7 Å². The van der Waals surface area contributed by atoms with Crippen LogP contribution in [0.25, 0.3) is 10.8 Å². The number of carboxylic acid groups (broad SMARTS) is 1. The lowest BCUT2D eigenvalue weighted by Gasteiger charge is -2.45. The van der Waals surface area contributed by atoms with Gasteiger partial charge in [0, 0.05) is 34.2 Å². The number of allylic oxidation sites excluding steroid dienone is 1. The van der Waals surface area contributed by atoms with Crippen LogP contribution in [-0.2, 0) is 24.4 Å². The number of carbonyl (C=O) groups excluding carboxylic acids is 3. The van der Waals surface area contributed by atoms with Gasteiger partial charge >= 0.3 is 12.3 Å². The Morgan fingerprint density at radius 3 is 2.43 bits per heavy atom. The van der Waals surface area contributed by atoms with E-state index < -0.39 is 92.4 Å². The van der Waals surface area contributed by atoms with Crippen molar-refractivity contribution in [1.29, 1.82) is 0 Å². The first-order valence-electron chi connectivity index (χ1n) is 20.2. The third-order valence-corrected chi connectivity index (χ3v) is 14.9. The van der Waals surface area contributed by atoms with E-state index in [2.05, 4.69) is 15.0 Å². The molecule has 6 rings (SSSR count). The fourth-order valence-corrected chi connectivity index (χ4v) is 9.86. The summed E-state index contributed by atoms with van der Waals surface area (Å²) in [5, 5.41) is 14.6. The van der Waals surface area contributed by atoms with Gasteiger partial charge in [0.2, 0.25) is 33.6 Å². The number of ether oxygens (including phenoxy) is 2. The third-order valence-electron chi connectivity index (χ3n) is 12.4. The lowest BCUT2D eigenvalue weighted by molar-refractivity contribution is -0.222. The molecule has 3 heterocycles. The number of sulfonamides is 1. The summed E-state index contributed by atoms with van der Waals surface area (Å²) in [4.78, 5) is 62.4. The van der Waals surface area contributed by atoms with Gasteiger partial charge in [-0.05, 0) is 97.1 Å². The zero-order chi connectivity index (χ0) is 44.3. The molecule has 14 nitrogen and oxygen atoms in total. The van der Waals surface area contributed by atoms with E-state index in [1.807, 2.05) is 6.92 Å². The second-order valence-corrected chi connectivity index (χ2v) is 20.5. The zero-order valence-corrected chi connectivity index (χ0v) is 36.2. The molecule has 4 amide bonds. The highest BCUT2D eigenvalue weighted by Gasteiger charge is 2.64. The fraction of sp³-hybridized carbons (Fsp3) is 0.634. The Hall–Kier alpha value is -4.32. The molecule has 0 unspecified atom stereocenters. The first kappa shape index (κ1) is 45.2. The maximum Gasteiger partial charge on any atom is 0.411 e. The standard InChI is InChI=1S/C41H53ClF3N5O9S/c1-22(2)58-31-19-28-27(13-10-14-29(28)42)34(46-31)59-26-18-30-33(51)47-40(36(53)48-60(56,57)39(7)15-16-39)20-25(40)12-9-8-11-23(3)17-24(4)32(35(52)49(30)21-26)50(37(54)55)38(5,6)41(43,44)45/h9-10,12-14,19,22-26,30,32H,8,11,15-18,20-21H2,1-7H3,(H,47,51)(H,48,53)(H,54,55)/b12-9-/t23-,24-,25-,26-,30+,32+,40-/m1/s1. The molecule has 19 heteroatoms. The number of rotatable bonds is 9. The minimum Gasteiger partial charge on any atom is -0.475 e. The molecule has 1 saturated heterocycles. The van der Waals surface area contributed by atoms with Gasteiger partial charge in [0.1, 0.15) is 29.3 Å². The van der Waals surface area contributed by atoms with Crippen LogP contribution in [0.2, 0.25) is 5.02 Å².